The van der Waals surface area contributed by atoms with E-state index in [1.165, 1.54) is 6.20 Å². The van der Waals surface area contributed by atoms with Crippen LogP contribution < -0.4 is 10.6 Å². The second-order valence-electron chi connectivity index (χ2n) is 4.70. The molecule has 0 radical (unpaired) electrons. The van der Waals surface area contributed by atoms with Crippen LogP contribution in [0.25, 0.3) is 0 Å². The molecule has 2 N–H and O–H groups in total. The van der Waals surface area contributed by atoms with Crippen molar-refractivity contribution in [1.29, 1.82) is 5.26 Å². The van der Waals surface area contributed by atoms with Crippen LogP contribution in [0, 0.1) is 11.3 Å². The lowest BCUT2D eigenvalue weighted by atomic mass is 10.2. The fourth-order valence-corrected chi connectivity index (χ4v) is 2.41. The van der Waals surface area contributed by atoms with E-state index in [0.29, 0.717) is 32.8 Å². The Labute approximate surface area is 148 Å². The van der Waals surface area contributed by atoms with E-state index in [0.717, 1.165) is 0 Å². The first-order valence-corrected chi connectivity index (χ1v) is 7.59. The Morgan fingerprint density at radius 1 is 1.00 bits per heavy atom. The average molecular weight is 357 g/mol. The van der Waals surface area contributed by atoms with Crippen molar-refractivity contribution in [3.05, 3.63) is 64.3 Å². The third-order valence-corrected chi connectivity index (χ3v) is 3.59. The predicted octanol–water partition coefficient (Wildman–Crippen LogP) is 4.54. The molecule has 118 valence electrons. The molecule has 0 spiro atoms. The number of anilines is 4. The van der Waals surface area contributed by atoms with Crippen molar-refractivity contribution in [3.63, 3.8) is 0 Å². The monoisotopic (exact) mass is 356 g/mol. The molecule has 0 fully saturated rings. The lowest BCUT2D eigenvalue weighted by Crippen LogP contribution is -2.03. The molecule has 1 aromatic heterocycles. The fourth-order valence-electron chi connectivity index (χ4n) is 1.96. The van der Waals surface area contributed by atoms with Crippen LogP contribution in [-0.2, 0) is 0 Å². The molecule has 0 unspecified atom stereocenters. The van der Waals surface area contributed by atoms with Gasteiger partial charge in [0.15, 0.2) is 5.82 Å². The number of para-hydroxylation sites is 1. The van der Waals surface area contributed by atoms with E-state index in [4.69, 9.17) is 28.5 Å². The molecule has 0 aliphatic heterocycles. The molecule has 0 atom stereocenters. The molecule has 6 nitrogen and oxygen atoms in total. The van der Waals surface area contributed by atoms with Crippen molar-refractivity contribution >= 4 is 46.3 Å². The van der Waals surface area contributed by atoms with Crippen LogP contribution in [0.5, 0.6) is 0 Å². The first kappa shape index (κ1) is 16.0. The maximum atomic E-state index is 9.11. The van der Waals surface area contributed by atoms with Gasteiger partial charge >= 0.3 is 0 Å². The van der Waals surface area contributed by atoms with E-state index in [2.05, 4.69) is 31.9 Å². The van der Waals surface area contributed by atoms with Crippen molar-refractivity contribution in [2.75, 3.05) is 10.6 Å². The van der Waals surface area contributed by atoms with E-state index in [1.807, 2.05) is 6.07 Å². The van der Waals surface area contributed by atoms with Gasteiger partial charge in [-0.1, -0.05) is 35.3 Å². The first-order chi connectivity index (χ1) is 11.7. The van der Waals surface area contributed by atoms with Crippen molar-refractivity contribution in [2.24, 2.45) is 0 Å². The molecule has 0 aliphatic rings. The quantitative estimate of drug-likeness (QED) is 0.713. The van der Waals surface area contributed by atoms with Crippen LogP contribution in [-0.4, -0.2) is 15.2 Å². The zero-order chi connectivity index (χ0) is 16.9. The molecule has 8 heteroatoms. The number of aromatic nitrogens is 3. The Morgan fingerprint density at radius 2 is 1.83 bits per heavy atom. The van der Waals surface area contributed by atoms with Gasteiger partial charge in [0.25, 0.3) is 0 Å². The summed E-state index contributed by atoms with van der Waals surface area (Å²) in [6.45, 7) is 0. The molecule has 0 amide bonds. The van der Waals surface area contributed by atoms with E-state index >= 15 is 0 Å². The molecule has 3 aromatic rings. The Kier molecular flexibility index (Phi) is 4.75. The van der Waals surface area contributed by atoms with Crippen molar-refractivity contribution in [2.45, 2.75) is 0 Å². The number of halogens is 2. The van der Waals surface area contributed by atoms with Gasteiger partial charge in [-0.25, -0.2) is 0 Å². The highest BCUT2D eigenvalue weighted by atomic mass is 35.5. The molecule has 3 rings (SSSR count). The minimum absolute atomic E-state index is 0.257. The van der Waals surface area contributed by atoms with Crippen molar-refractivity contribution < 1.29 is 0 Å². The second-order valence-corrected chi connectivity index (χ2v) is 5.54. The van der Waals surface area contributed by atoms with Gasteiger partial charge in [-0.05, 0) is 30.3 Å². The van der Waals surface area contributed by atoms with Gasteiger partial charge in [-0.15, -0.1) is 5.10 Å². The summed E-state index contributed by atoms with van der Waals surface area (Å²) < 4.78 is 0. The van der Waals surface area contributed by atoms with Gasteiger partial charge in [0.2, 0.25) is 5.95 Å². The summed E-state index contributed by atoms with van der Waals surface area (Å²) in [4.78, 5) is 4.31. The van der Waals surface area contributed by atoms with E-state index in [1.54, 1.807) is 36.4 Å². The van der Waals surface area contributed by atoms with Gasteiger partial charge in [0.05, 0.1) is 28.2 Å². The van der Waals surface area contributed by atoms with Crippen molar-refractivity contribution in [3.8, 4) is 6.07 Å². The summed E-state index contributed by atoms with van der Waals surface area (Å²) in [6, 6.07) is 14.2. The molecule has 24 heavy (non-hydrogen) atoms. The number of nitrogens with one attached hydrogen (secondary N) is 2. The Morgan fingerprint density at radius 3 is 2.62 bits per heavy atom. The number of hydrogen-bond acceptors (Lipinski definition) is 6. The number of nitrogens with zero attached hydrogens (tertiary/aromatic N) is 4. The van der Waals surface area contributed by atoms with Gasteiger partial charge in [0.1, 0.15) is 6.07 Å². The molecule has 1 heterocycles. The normalized spacial score (nSPS) is 10.0. The highest BCUT2D eigenvalue weighted by Gasteiger charge is 2.07. The van der Waals surface area contributed by atoms with Gasteiger partial charge in [0, 0.05) is 5.02 Å². The van der Waals surface area contributed by atoms with Crippen LogP contribution in [0.3, 0.4) is 0 Å². The minimum atomic E-state index is 0.257. The lowest BCUT2D eigenvalue weighted by Gasteiger charge is -2.09. The summed E-state index contributed by atoms with van der Waals surface area (Å²) in [7, 11) is 0. The van der Waals surface area contributed by atoms with E-state index < -0.39 is 0 Å². The van der Waals surface area contributed by atoms with Gasteiger partial charge in [-0.3, -0.25) is 0 Å². The van der Waals surface area contributed by atoms with Crippen LogP contribution in [0.15, 0.2) is 48.7 Å². The molecular formula is C16H10Cl2N6. The lowest BCUT2D eigenvalue weighted by molar-refractivity contribution is 0.982. The average Bonchev–Trinajstić information content (AvgIpc) is 2.58. The first-order valence-electron chi connectivity index (χ1n) is 6.83. The zero-order valence-corrected chi connectivity index (χ0v) is 13.7. The molecular weight excluding hydrogens is 347 g/mol. The van der Waals surface area contributed by atoms with E-state index in [-0.39, 0.29) is 5.95 Å². The van der Waals surface area contributed by atoms with Crippen LogP contribution in [0.1, 0.15) is 5.56 Å². The highest BCUT2D eigenvalue weighted by molar-refractivity contribution is 6.36. The Balaban J connectivity index is 1.83. The van der Waals surface area contributed by atoms with Crippen molar-refractivity contribution in [1.82, 2.24) is 15.2 Å². The summed E-state index contributed by atoms with van der Waals surface area (Å²) in [5.41, 5.74) is 1.73. The second kappa shape index (κ2) is 7.13. The van der Waals surface area contributed by atoms with Crippen LogP contribution >= 0.6 is 23.2 Å². The molecule has 0 aliphatic carbocycles. The zero-order valence-electron chi connectivity index (χ0n) is 12.2. The summed E-state index contributed by atoms with van der Waals surface area (Å²) in [6.07, 6.45) is 1.46. The number of benzene rings is 2. The molecule has 0 bridgehead atoms. The number of hydrogen-bond donors (Lipinski definition) is 2. The smallest absolute Gasteiger partial charge is 0.249 e. The Bertz CT molecular complexity index is 922. The topological polar surface area (TPSA) is 86.5 Å². The van der Waals surface area contributed by atoms with E-state index in [9.17, 15) is 0 Å². The Hall–Kier alpha value is -2.88. The predicted molar refractivity (Wildman–Crippen MR) is 94.0 cm³/mol. The summed E-state index contributed by atoms with van der Waals surface area (Å²) >= 11 is 12.0. The third kappa shape index (κ3) is 3.71. The summed E-state index contributed by atoms with van der Waals surface area (Å²) in [5, 5.41) is 23.9. The molecule has 0 saturated heterocycles. The SMILES string of the molecule is N#Cc1ccccc1Nc1nncc(Nc2ccc(Cl)cc2Cl)n1. The molecule has 2 aromatic carbocycles. The van der Waals surface area contributed by atoms with Gasteiger partial charge in [-0.2, -0.15) is 15.3 Å². The minimum Gasteiger partial charge on any atom is -0.338 e. The largest absolute Gasteiger partial charge is 0.338 e. The number of rotatable bonds is 4. The molecule has 0 saturated carbocycles. The number of nitriles is 1. The van der Waals surface area contributed by atoms with Gasteiger partial charge < -0.3 is 10.6 Å². The maximum Gasteiger partial charge on any atom is 0.249 e. The fraction of sp³-hybridized carbons (Fsp3) is 0. The third-order valence-electron chi connectivity index (χ3n) is 3.05. The van der Waals surface area contributed by atoms with Crippen LogP contribution in [0.2, 0.25) is 10.0 Å². The maximum absolute atomic E-state index is 9.11. The highest BCUT2D eigenvalue weighted by Crippen LogP contribution is 2.27. The standard InChI is InChI=1S/C16H10Cl2N6/c17-11-5-6-14(12(18)7-11)21-15-9-20-24-16(23-15)22-13-4-2-1-3-10(13)8-19/h1-7,9H,(H2,21,22,23,24). The summed E-state index contributed by atoms with van der Waals surface area (Å²) in [5.74, 6) is 0.707. The van der Waals surface area contributed by atoms with Crippen LogP contribution in [0.4, 0.5) is 23.1 Å².